The molecule has 0 saturated heterocycles. The number of rotatable bonds is 0. The molecule has 1 amide bonds. The van der Waals surface area contributed by atoms with Crippen molar-refractivity contribution in [1.82, 2.24) is 4.90 Å². The SMILES string of the molecule is CC(=O)N1c2ccccc2C2=C(c3ccccc31)[C@@H]1C=C[C@H]2N1C. The number of anilines is 2. The van der Waals surface area contributed by atoms with Crippen LogP contribution < -0.4 is 4.90 Å². The van der Waals surface area contributed by atoms with Crippen LogP contribution in [0.5, 0.6) is 0 Å². The van der Waals surface area contributed by atoms with Gasteiger partial charge in [0.25, 0.3) is 0 Å². The number of carbonyl (C=O) groups is 1. The van der Waals surface area contributed by atoms with Gasteiger partial charge in [-0.15, -0.1) is 0 Å². The number of carbonyl (C=O) groups excluding carboxylic acids is 1. The molecular weight excluding hydrogens is 296 g/mol. The lowest BCUT2D eigenvalue weighted by molar-refractivity contribution is -0.115. The van der Waals surface area contributed by atoms with Gasteiger partial charge in [0.15, 0.2) is 0 Å². The molecule has 24 heavy (non-hydrogen) atoms. The molecule has 2 aromatic carbocycles. The van der Waals surface area contributed by atoms with Crippen molar-refractivity contribution in [2.24, 2.45) is 0 Å². The van der Waals surface area contributed by atoms with Crippen LogP contribution >= 0.6 is 0 Å². The van der Waals surface area contributed by atoms with E-state index in [1.807, 2.05) is 17.0 Å². The summed E-state index contributed by atoms with van der Waals surface area (Å²) < 4.78 is 0. The summed E-state index contributed by atoms with van der Waals surface area (Å²) in [5, 5.41) is 0. The third-order valence-electron chi connectivity index (χ3n) is 5.42. The minimum atomic E-state index is 0.0461. The van der Waals surface area contributed by atoms with Crippen LogP contribution in [-0.2, 0) is 4.79 Å². The number of nitrogens with zero attached hydrogens (tertiary/aromatic N) is 2. The summed E-state index contributed by atoms with van der Waals surface area (Å²) in [6.45, 7) is 1.64. The molecule has 2 aromatic rings. The number of amides is 1. The number of hydrogen-bond donors (Lipinski definition) is 0. The van der Waals surface area contributed by atoms with Crippen molar-refractivity contribution in [3.63, 3.8) is 0 Å². The van der Waals surface area contributed by atoms with Crippen molar-refractivity contribution in [3.05, 3.63) is 71.8 Å². The molecule has 118 valence electrons. The van der Waals surface area contributed by atoms with Crippen molar-refractivity contribution in [3.8, 4) is 0 Å². The zero-order valence-electron chi connectivity index (χ0n) is 13.7. The highest BCUT2D eigenvalue weighted by Crippen LogP contribution is 2.53. The predicted molar refractivity (Wildman–Crippen MR) is 97.0 cm³/mol. The Kier molecular flexibility index (Phi) is 2.68. The fraction of sp³-hybridized carbons (Fsp3) is 0.190. The zero-order valence-corrected chi connectivity index (χ0v) is 13.7. The molecule has 3 aliphatic heterocycles. The van der Waals surface area contributed by atoms with E-state index in [0.717, 1.165) is 11.4 Å². The molecule has 0 aromatic heterocycles. The summed E-state index contributed by atoms with van der Waals surface area (Å²) in [5.74, 6) is 0.0461. The van der Waals surface area contributed by atoms with Gasteiger partial charge in [-0.2, -0.15) is 0 Å². The summed E-state index contributed by atoms with van der Waals surface area (Å²) >= 11 is 0. The van der Waals surface area contributed by atoms with Gasteiger partial charge in [-0.05, 0) is 30.3 Å². The maximum Gasteiger partial charge on any atom is 0.228 e. The van der Waals surface area contributed by atoms with Gasteiger partial charge in [-0.3, -0.25) is 14.6 Å². The first-order valence-electron chi connectivity index (χ1n) is 8.32. The summed E-state index contributed by atoms with van der Waals surface area (Å²) in [4.78, 5) is 16.8. The van der Waals surface area contributed by atoms with Crippen molar-refractivity contribution in [2.45, 2.75) is 19.0 Å². The fourth-order valence-electron chi connectivity index (χ4n) is 4.44. The molecule has 0 aliphatic carbocycles. The molecule has 0 N–H and O–H groups in total. The van der Waals surface area contributed by atoms with E-state index in [1.165, 1.54) is 22.3 Å². The van der Waals surface area contributed by atoms with Crippen LogP contribution in [0.25, 0.3) is 11.1 Å². The molecule has 2 bridgehead atoms. The van der Waals surface area contributed by atoms with Crippen LogP contribution in [0.4, 0.5) is 11.4 Å². The van der Waals surface area contributed by atoms with Gasteiger partial charge in [0.05, 0.1) is 23.5 Å². The second kappa shape index (κ2) is 4.68. The monoisotopic (exact) mass is 314 g/mol. The number of fused-ring (bicyclic) bond motifs is 8. The molecule has 0 fully saturated rings. The van der Waals surface area contributed by atoms with Crippen LogP contribution in [0.2, 0.25) is 0 Å². The minimum Gasteiger partial charge on any atom is -0.285 e. The molecule has 0 unspecified atom stereocenters. The van der Waals surface area contributed by atoms with Crippen LogP contribution in [0.1, 0.15) is 18.1 Å². The molecule has 3 heterocycles. The Morgan fingerprint density at radius 1 is 0.833 bits per heavy atom. The van der Waals surface area contributed by atoms with E-state index >= 15 is 0 Å². The normalized spacial score (nSPS) is 23.8. The number of benzene rings is 2. The molecule has 0 saturated carbocycles. The van der Waals surface area contributed by atoms with Gasteiger partial charge in [-0.1, -0.05) is 48.6 Å². The molecule has 3 aliphatic rings. The predicted octanol–water partition coefficient (Wildman–Crippen LogP) is 3.85. The maximum atomic E-state index is 12.5. The van der Waals surface area contributed by atoms with Crippen molar-refractivity contribution < 1.29 is 4.79 Å². The van der Waals surface area contributed by atoms with Gasteiger partial charge in [-0.25, -0.2) is 0 Å². The Hall–Kier alpha value is -2.65. The van der Waals surface area contributed by atoms with Gasteiger partial charge < -0.3 is 0 Å². The second-order valence-corrected chi connectivity index (χ2v) is 6.66. The number of para-hydroxylation sites is 2. The Morgan fingerprint density at radius 2 is 1.29 bits per heavy atom. The summed E-state index contributed by atoms with van der Waals surface area (Å²) in [7, 11) is 2.18. The van der Waals surface area contributed by atoms with E-state index in [-0.39, 0.29) is 18.0 Å². The Labute approximate surface area is 141 Å². The summed E-state index contributed by atoms with van der Waals surface area (Å²) in [6.07, 6.45) is 4.57. The Bertz CT molecular complexity index is 873. The first-order chi connectivity index (χ1) is 11.7. The van der Waals surface area contributed by atoms with Crippen LogP contribution in [-0.4, -0.2) is 29.9 Å². The number of likely N-dealkylation sites (N-methyl/N-ethyl adjacent to an activating group) is 1. The van der Waals surface area contributed by atoms with Crippen LogP contribution in [0.15, 0.2) is 60.7 Å². The third-order valence-corrected chi connectivity index (χ3v) is 5.42. The van der Waals surface area contributed by atoms with Gasteiger partial charge in [0.1, 0.15) is 0 Å². The molecule has 0 radical (unpaired) electrons. The summed E-state index contributed by atoms with van der Waals surface area (Å²) in [6, 6.07) is 17.1. The smallest absolute Gasteiger partial charge is 0.228 e. The van der Waals surface area contributed by atoms with Crippen molar-refractivity contribution >= 4 is 28.4 Å². The molecule has 5 rings (SSSR count). The second-order valence-electron chi connectivity index (χ2n) is 6.66. The van der Waals surface area contributed by atoms with Gasteiger partial charge in [0.2, 0.25) is 5.91 Å². The topological polar surface area (TPSA) is 23.6 Å². The van der Waals surface area contributed by atoms with E-state index < -0.39 is 0 Å². The van der Waals surface area contributed by atoms with Crippen LogP contribution in [0, 0.1) is 0 Å². The van der Waals surface area contributed by atoms with Gasteiger partial charge >= 0.3 is 0 Å². The van der Waals surface area contributed by atoms with E-state index in [4.69, 9.17) is 0 Å². The van der Waals surface area contributed by atoms with Crippen molar-refractivity contribution in [2.75, 3.05) is 11.9 Å². The minimum absolute atomic E-state index is 0.0461. The third kappa shape index (κ3) is 1.57. The Balaban J connectivity index is 1.90. The zero-order chi connectivity index (χ0) is 16.4. The van der Waals surface area contributed by atoms with E-state index in [1.54, 1.807) is 6.92 Å². The molecule has 2 atom stereocenters. The van der Waals surface area contributed by atoms with E-state index in [0.29, 0.717) is 0 Å². The molecule has 0 spiro atoms. The lowest BCUT2D eigenvalue weighted by Crippen LogP contribution is -2.29. The molecule has 3 heteroatoms. The van der Waals surface area contributed by atoms with Crippen LogP contribution in [0.3, 0.4) is 0 Å². The van der Waals surface area contributed by atoms with Crippen molar-refractivity contribution in [1.29, 1.82) is 0 Å². The average molecular weight is 314 g/mol. The lowest BCUT2D eigenvalue weighted by Gasteiger charge is -2.27. The van der Waals surface area contributed by atoms with E-state index in [9.17, 15) is 4.79 Å². The number of hydrogen-bond acceptors (Lipinski definition) is 2. The first-order valence-corrected chi connectivity index (χ1v) is 8.32. The molecule has 3 nitrogen and oxygen atoms in total. The first kappa shape index (κ1) is 13.8. The lowest BCUT2D eigenvalue weighted by atomic mass is 9.87. The highest BCUT2D eigenvalue weighted by atomic mass is 16.2. The van der Waals surface area contributed by atoms with E-state index in [2.05, 4.69) is 60.5 Å². The maximum absolute atomic E-state index is 12.5. The molecular formula is C21H18N2O. The summed E-state index contributed by atoms with van der Waals surface area (Å²) in [5.41, 5.74) is 6.99. The standard InChI is InChI=1S/C21H18N2O/c1-13(24)23-16-9-5-3-7-14(16)20-18-11-12-19(22(18)2)21(20)15-8-4-6-10-17(15)23/h3-12,18-19H,1-2H3/t18-,19+. The van der Waals surface area contributed by atoms with Gasteiger partial charge in [0, 0.05) is 18.1 Å². The fourth-order valence-corrected chi connectivity index (χ4v) is 4.44. The Morgan fingerprint density at radius 3 is 1.75 bits per heavy atom. The quantitative estimate of drug-likeness (QED) is 0.690. The average Bonchev–Trinajstić information content (AvgIpc) is 3.04. The highest BCUT2D eigenvalue weighted by Gasteiger charge is 2.44. The highest BCUT2D eigenvalue weighted by molar-refractivity contribution is 6.13. The largest absolute Gasteiger partial charge is 0.285 e.